The quantitative estimate of drug-likeness (QED) is 0.652. The third-order valence-electron chi connectivity index (χ3n) is 2.27. The van der Waals surface area contributed by atoms with Gasteiger partial charge in [-0.05, 0) is 24.3 Å². The molecule has 5 nitrogen and oxygen atoms in total. The van der Waals surface area contributed by atoms with Crippen LogP contribution in [0.15, 0.2) is 39.3 Å². The zero-order chi connectivity index (χ0) is 11.1. The minimum atomic E-state index is 0.192. The molecular formula is C11H8N2O3. The molecule has 0 aliphatic carbocycles. The normalized spacial score (nSPS) is 11.0. The van der Waals surface area contributed by atoms with Crippen LogP contribution in [0.4, 0.5) is 5.82 Å². The highest BCUT2D eigenvalue weighted by Gasteiger charge is 2.11. The second-order valence-electron chi connectivity index (χ2n) is 3.45. The number of benzene rings is 1. The van der Waals surface area contributed by atoms with Crippen LogP contribution in [0.5, 0.6) is 5.75 Å². The Kier molecular flexibility index (Phi) is 1.67. The average Bonchev–Trinajstić information content (AvgIpc) is 2.83. The second-order valence-corrected chi connectivity index (χ2v) is 3.45. The Morgan fingerprint density at radius 2 is 2.00 bits per heavy atom. The van der Waals surface area contributed by atoms with Crippen molar-refractivity contribution in [2.75, 3.05) is 5.73 Å². The van der Waals surface area contributed by atoms with E-state index in [0.29, 0.717) is 22.9 Å². The molecule has 0 radical (unpaired) electrons. The first-order valence-corrected chi connectivity index (χ1v) is 4.67. The van der Waals surface area contributed by atoms with E-state index in [-0.39, 0.29) is 5.75 Å². The van der Waals surface area contributed by atoms with Gasteiger partial charge in [-0.25, -0.2) is 0 Å². The highest BCUT2D eigenvalue weighted by molar-refractivity contribution is 5.83. The number of hydrogen-bond donors (Lipinski definition) is 2. The standard InChI is InChI=1S/C11H8N2O3/c12-11-5-10(16-13-11)9-4-6-3-7(14)1-2-8(6)15-9/h1-5,14H,(H2,12,13). The summed E-state index contributed by atoms with van der Waals surface area (Å²) in [5.41, 5.74) is 6.12. The SMILES string of the molecule is Nc1cc(-c2cc3cc(O)ccc3o2)on1. The van der Waals surface area contributed by atoms with Crippen molar-refractivity contribution < 1.29 is 14.0 Å². The molecule has 2 aromatic heterocycles. The predicted molar refractivity (Wildman–Crippen MR) is 57.8 cm³/mol. The van der Waals surface area contributed by atoms with Crippen LogP contribution in [0.25, 0.3) is 22.5 Å². The second kappa shape index (κ2) is 3.03. The van der Waals surface area contributed by atoms with Crippen molar-refractivity contribution in [1.29, 1.82) is 0 Å². The molecule has 5 heteroatoms. The third kappa shape index (κ3) is 1.30. The predicted octanol–water partition coefficient (Wildman–Crippen LogP) is 2.38. The van der Waals surface area contributed by atoms with E-state index in [1.54, 1.807) is 30.3 Å². The van der Waals surface area contributed by atoms with Crippen molar-refractivity contribution in [3.63, 3.8) is 0 Å². The van der Waals surface area contributed by atoms with Crippen LogP contribution in [0.2, 0.25) is 0 Å². The lowest BCUT2D eigenvalue weighted by Crippen LogP contribution is -1.79. The van der Waals surface area contributed by atoms with Crippen molar-refractivity contribution >= 4 is 16.8 Å². The smallest absolute Gasteiger partial charge is 0.204 e. The number of hydrogen-bond acceptors (Lipinski definition) is 5. The van der Waals surface area contributed by atoms with Gasteiger partial charge in [0.25, 0.3) is 0 Å². The number of furan rings is 1. The number of aromatic nitrogens is 1. The molecule has 3 rings (SSSR count). The van der Waals surface area contributed by atoms with Gasteiger partial charge in [0, 0.05) is 11.5 Å². The fraction of sp³-hybridized carbons (Fsp3) is 0. The molecule has 16 heavy (non-hydrogen) atoms. The van der Waals surface area contributed by atoms with Crippen LogP contribution in [0.3, 0.4) is 0 Å². The molecule has 0 fully saturated rings. The molecule has 0 saturated heterocycles. The molecule has 1 aromatic carbocycles. The third-order valence-corrected chi connectivity index (χ3v) is 2.27. The molecule has 0 aliphatic heterocycles. The first-order chi connectivity index (χ1) is 7.72. The molecule has 80 valence electrons. The first kappa shape index (κ1) is 8.84. The number of nitrogens with zero attached hydrogens (tertiary/aromatic N) is 1. The van der Waals surface area contributed by atoms with E-state index in [0.717, 1.165) is 5.39 Å². The lowest BCUT2D eigenvalue weighted by atomic mass is 10.2. The van der Waals surface area contributed by atoms with Crippen LogP contribution in [-0.4, -0.2) is 10.3 Å². The van der Waals surface area contributed by atoms with Gasteiger partial charge in [0.1, 0.15) is 11.3 Å². The summed E-state index contributed by atoms with van der Waals surface area (Å²) in [5, 5.41) is 13.7. The van der Waals surface area contributed by atoms with Gasteiger partial charge in [0.2, 0.25) is 5.76 Å². The Bertz CT molecular complexity index is 654. The maximum Gasteiger partial charge on any atom is 0.204 e. The van der Waals surface area contributed by atoms with E-state index in [4.69, 9.17) is 14.7 Å². The Balaban J connectivity index is 2.18. The Morgan fingerprint density at radius 1 is 1.12 bits per heavy atom. The fourth-order valence-corrected chi connectivity index (χ4v) is 1.56. The number of rotatable bonds is 1. The van der Waals surface area contributed by atoms with Crippen LogP contribution >= 0.6 is 0 Å². The molecule has 0 saturated carbocycles. The zero-order valence-electron chi connectivity index (χ0n) is 8.18. The van der Waals surface area contributed by atoms with Gasteiger partial charge < -0.3 is 19.8 Å². The van der Waals surface area contributed by atoms with Crippen molar-refractivity contribution in [2.45, 2.75) is 0 Å². The molecule has 3 N–H and O–H groups in total. The molecule has 0 aliphatic rings. The average molecular weight is 216 g/mol. The minimum absolute atomic E-state index is 0.192. The van der Waals surface area contributed by atoms with Crippen LogP contribution < -0.4 is 5.73 Å². The van der Waals surface area contributed by atoms with E-state index in [1.807, 2.05) is 0 Å². The number of phenolic OH excluding ortho intramolecular Hbond substituents is 1. The number of phenols is 1. The van der Waals surface area contributed by atoms with Crippen molar-refractivity contribution in [3.8, 4) is 17.3 Å². The molecule has 0 spiro atoms. The van der Waals surface area contributed by atoms with Crippen LogP contribution in [0.1, 0.15) is 0 Å². The molecular weight excluding hydrogens is 208 g/mol. The van der Waals surface area contributed by atoms with Gasteiger partial charge >= 0.3 is 0 Å². The van der Waals surface area contributed by atoms with Gasteiger partial charge in [-0.1, -0.05) is 5.16 Å². The van der Waals surface area contributed by atoms with E-state index >= 15 is 0 Å². The maximum absolute atomic E-state index is 9.32. The van der Waals surface area contributed by atoms with Crippen molar-refractivity contribution in [3.05, 3.63) is 30.3 Å². The lowest BCUT2D eigenvalue weighted by Gasteiger charge is -1.88. The summed E-state index contributed by atoms with van der Waals surface area (Å²) in [5.74, 6) is 1.49. The molecule has 3 aromatic rings. The maximum atomic E-state index is 9.32. The van der Waals surface area contributed by atoms with E-state index < -0.39 is 0 Å². The number of nitrogens with two attached hydrogens (primary N) is 1. The molecule has 0 amide bonds. The lowest BCUT2D eigenvalue weighted by molar-refractivity contribution is 0.424. The summed E-state index contributed by atoms with van der Waals surface area (Å²) in [6.07, 6.45) is 0. The molecule has 0 atom stereocenters. The summed E-state index contributed by atoms with van der Waals surface area (Å²) in [6, 6.07) is 8.20. The number of aromatic hydroxyl groups is 1. The summed E-state index contributed by atoms with van der Waals surface area (Å²) < 4.78 is 10.5. The Morgan fingerprint density at radius 3 is 2.75 bits per heavy atom. The summed E-state index contributed by atoms with van der Waals surface area (Å²) in [7, 11) is 0. The first-order valence-electron chi connectivity index (χ1n) is 4.67. The van der Waals surface area contributed by atoms with E-state index in [1.165, 1.54) is 0 Å². The molecule has 0 bridgehead atoms. The van der Waals surface area contributed by atoms with Gasteiger partial charge in [0.05, 0.1) is 0 Å². The number of anilines is 1. The summed E-state index contributed by atoms with van der Waals surface area (Å²) in [6.45, 7) is 0. The molecule has 0 unspecified atom stereocenters. The highest BCUT2D eigenvalue weighted by atomic mass is 16.5. The van der Waals surface area contributed by atoms with E-state index in [2.05, 4.69) is 5.16 Å². The number of fused-ring (bicyclic) bond motifs is 1. The highest BCUT2D eigenvalue weighted by Crippen LogP contribution is 2.30. The summed E-state index contributed by atoms with van der Waals surface area (Å²) >= 11 is 0. The number of nitrogen functional groups attached to an aromatic ring is 1. The Labute approximate surface area is 90.1 Å². The fourth-order valence-electron chi connectivity index (χ4n) is 1.56. The van der Waals surface area contributed by atoms with Crippen molar-refractivity contribution in [1.82, 2.24) is 5.16 Å². The van der Waals surface area contributed by atoms with Gasteiger partial charge in [0.15, 0.2) is 11.6 Å². The van der Waals surface area contributed by atoms with Gasteiger partial charge in [-0.3, -0.25) is 0 Å². The Hall–Kier alpha value is -2.43. The minimum Gasteiger partial charge on any atom is -0.508 e. The van der Waals surface area contributed by atoms with Gasteiger partial charge in [-0.2, -0.15) is 0 Å². The van der Waals surface area contributed by atoms with Crippen LogP contribution in [0, 0.1) is 0 Å². The monoisotopic (exact) mass is 216 g/mol. The topological polar surface area (TPSA) is 85.4 Å². The molecule has 2 heterocycles. The largest absolute Gasteiger partial charge is 0.508 e. The van der Waals surface area contributed by atoms with Gasteiger partial charge in [-0.15, -0.1) is 0 Å². The van der Waals surface area contributed by atoms with Crippen LogP contribution in [-0.2, 0) is 0 Å². The zero-order valence-corrected chi connectivity index (χ0v) is 8.18. The van der Waals surface area contributed by atoms with E-state index in [9.17, 15) is 5.11 Å². The van der Waals surface area contributed by atoms with Crippen molar-refractivity contribution in [2.24, 2.45) is 0 Å². The summed E-state index contributed by atoms with van der Waals surface area (Å²) in [4.78, 5) is 0.